The molecule has 0 saturated heterocycles. The van der Waals surface area contributed by atoms with Gasteiger partial charge in [-0.15, -0.1) is 11.3 Å². The molecule has 1 amide bonds. The minimum absolute atomic E-state index is 0.257. The standard InChI is InChI=1S/C12H19NO3S/c1-8(2)9-4-5-10(17-9)11(16)13-12(3,6-14)7-15/h4-5,8,14-15H,6-7H2,1-3H3,(H,13,16). The van der Waals surface area contributed by atoms with E-state index in [-0.39, 0.29) is 19.1 Å². The fourth-order valence-corrected chi connectivity index (χ4v) is 2.16. The van der Waals surface area contributed by atoms with Crippen molar-refractivity contribution in [1.29, 1.82) is 0 Å². The molecule has 1 aromatic rings. The highest BCUT2D eigenvalue weighted by Gasteiger charge is 2.25. The average Bonchev–Trinajstić information content (AvgIpc) is 2.78. The maximum absolute atomic E-state index is 11.9. The van der Waals surface area contributed by atoms with E-state index in [0.29, 0.717) is 10.8 Å². The van der Waals surface area contributed by atoms with Crippen LogP contribution >= 0.6 is 11.3 Å². The van der Waals surface area contributed by atoms with Gasteiger partial charge in [0.25, 0.3) is 5.91 Å². The van der Waals surface area contributed by atoms with Crippen LogP contribution < -0.4 is 5.32 Å². The minimum Gasteiger partial charge on any atom is -0.394 e. The highest BCUT2D eigenvalue weighted by molar-refractivity contribution is 7.14. The molecule has 0 radical (unpaired) electrons. The fourth-order valence-electron chi connectivity index (χ4n) is 1.25. The Morgan fingerprint density at radius 3 is 2.41 bits per heavy atom. The van der Waals surface area contributed by atoms with Crippen LogP contribution in [0.25, 0.3) is 0 Å². The number of hydrogen-bond acceptors (Lipinski definition) is 4. The van der Waals surface area contributed by atoms with Gasteiger partial charge >= 0.3 is 0 Å². The molecule has 0 aliphatic heterocycles. The van der Waals surface area contributed by atoms with Crippen LogP contribution in [0.2, 0.25) is 0 Å². The first kappa shape index (κ1) is 14.2. The van der Waals surface area contributed by atoms with Crippen molar-refractivity contribution in [1.82, 2.24) is 5.32 Å². The molecule has 0 fully saturated rings. The summed E-state index contributed by atoms with van der Waals surface area (Å²) in [6.45, 7) is 5.15. The fraction of sp³-hybridized carbons (Fsp3) is 0.583. The van der Waals surface area contributed by atoms with E-state index in [1.54, 1.807) is 13.0 Å². The number of hydrogen-bond donors (Lipinski definition) is 3. The molecule has 4 nitrogen and oxygen atoms in total. The second kappa shape index (κ2) is 5.62. The van der Waals surface area contributed by atoms with E-state index in [1.165, 1.54) is 11.3 Å². The van der Waals surface area contributed by atoms with Gasteiger partial charge in [0.05, 0.1) is 23.6 Å². The maximum atomic E-state index is 11.9. The lowest BCUT2D eigenvalue weighted by Crippen LogP contribution is -2.51. The Hall–Kier alpha value is -0.910. The van der Waals surface area contributed by atoms with Crippen LogP contribution in [0.1, 0.15) is 41.2 Å². The molecular formula is C12H19NO3S. The molecule has 0 saturated carbocycles. The Bertz CT molecular complexity index is 383. The molecule has 0 bridgehead atoms. The monoisotopic (exact) mass is 257 g/mol. The van der Waals surface area contributed by atoms with Crippen LogP contribution in [0, 0.1) is 0 Å². The quantitative estimate of drug-likeness (QED) is 0.745. The Balaban J connectivity index is 2.76. The summed E-state index contributed by atoms with van der Waals surface area (Å²) in [7, 11) is 0. The van der Waals surface area contributed by atoms with Crippen molar-refractivity contribution in [2.24, 2.45) is 0 Å². The topological polar surface area (TPSA) is 69.6 Å². The normalized spacial score (nSPS) is 11.9. The van der Waals surface area contributed by atoms with Crippen LogP contribution in [0.4, 0.5) is 0 Å². The van der Waals surface area contributed by atoms with Crippen LogP contribution in [0.5, 0.6) is 0 Å². The summed E-state index contributed by atoms with van der Waals surface area (Å²) in [4.78, 5) is 13.6. The first-order chi connectivity index (χ1) is 7.91. The zero-order valence-corrected chi connectivity index (χ0v) is 11.2. The van der Waals surface area contributed by atoms with Gasteiger partial charge in [-0.05, 0) is 25.0 Å². The summed E-state index contributed by atoms with van der Waals surface area (Å²) in [6.07, 6.45) is 0. The van der Waals surface area contributed by atoms with Gasteiger partial charge in [-0.25, -0.2) is 0 Å². The zero-order valence-electron chi connectivity index (χ0n) is 10.4. The molecule has 0 aromatic carbocycles. The van der Waals surface area contributed by atoms with E-state index >= 15 is 0 Å². The van der Waals surface area contributed by atoms with Gasteiger partial charge in [-0.2, -0.15) is 0 Å². The predicted molar refractivity (Wildman–Crippen MR) is 68.5 cm³/mol. The summed E-state index contributed by atoms with van der Waals surface area (Å²) in [5.41, 5.74) is -0.973. The first-order valence-electron chi connectivity index (χ1n) is 5.56. The van der Waals surface area contributed by atoms with Gasteiger partial charge in [0.2, 0.25) is 0 Å². The second-order valence-corrected chi connectivity index (χ2v) is 5.80. The number of nitrogens with one attached hydrogen (secondary N) is 1. The van der Waals surface area contributed by atoms with E-state index in [1.807, 2.05) is 6.07 Å². The highest BCUT2D eigenvalue weighted by atomic mass is 32.1. The van der Waals surface area contributed by atoms with Crippen molar-refractivity contribution >= 4 is 17.2 Å². The van der Waals surface area contributed by atoms with E-state index in [4.69, 9.17) is 10.2 Å². The van der Waals surface area contributed by atoms with E-state index < -0.39 is 5.54 Å². The summed E-state index contributed by atoms with van der Waals surface area (Å²) < 4.78 is 0. The van der Waals surface area contributed by atoms with E-state index in [9.17, 15) is 4.79 Å². The third-order valence-electron chi connectivity index (χ3n) is 2.53. The molecule has 3 N–H and O–H groups in total. The van der Waals surface area contributed by atoms with Gasteiger partial charge in [0.1, 0.15) is 0 Å². The third kappa shape index (κ3) is 3.52. The number of rotatable bonds is 5. The lowest BCUT2D eigenvalue weighted by molar-refractivity contribution is 0.0727. The lowest BCUT2D eigenvalue weighted by Gasteiger charge is -2.25. The van der Waals surface area contributed by atoms with Gasteiger partial charge < -0.3 is 15.5 Å². The third-order valence-corrected chi connectivity index (χ3v) is 3.92. The lowest BCUT2D eigenvalue weighted by atomic mass is 10.1. The van der Waals surface area contributed by atoms with Crippen molar-refractivity contribution in [3.63, 3.8) is 0 Å². The largest absolute Gasteiger partial charge is 0.394 e. The minimum atomic E-state index is -0.973. The number of aliphatic hydroxyl groups excluding tert-OH is 2. The average molecular weight is 257 g/mol. The predicted octanol–water partition coefficient (Wildman–Crippen LogP) is 1.34. The molecule has 1 aromatic heterocycles. The number of amides is 1. The van der Waals surface area contributed by atoms with Gasteiger partial charge in [0.15, 0.2) is 0 Å². The molecule has 96 valence electrons. The van der Waals surface area contributed by atoms with Crippen LogP contribution in [-0.4, -0.2) is 34.9 Å². The summed E-state index contributed by atoms with van der Waals surface area (Å²) in [6, 6.07) is 3.70. The summed E-state index contributed by atoms with van der Waals surface area (Å²) >= 11 is 1.44. The molecular weight excluding hydrogens is 238 g/mol. The molecule has 5 heteroatoms. The number of carbonyl (C=O) groups is 1. The molecule has 1 heterocycles. The molecule has 0 spiro atoms. The molecule has 0 unspecified atom stereocenters. The van der Waals surface area contributed by atoms with Crippen molar-refractivity contribution in [2.45, 2.75) is 32.2 Å². The second-order valence-electron chi connectivity index (χ2n) is 4.69. The number of aliphatic hydroxyl groups is 2. The van der Waals surface area contributed by atoms with Gasteiger partial charge in [-0.3, -0.25) is 4.79 Å². The van der Waals surface area contributed by atoms with Gasteiger partial charge in [0, 0.05) is 4.88 Å². The smallest absolute Gasteiger partial charge is 0.261 e. The SMILES string of the molecule is CC(C)c1ccc(C(=O)NC(C)(CO)CO)s1. The molecule has 0 aliphatic rings. The van der Waals surface area contributed by atoms with Crippen molar-refractivity contribution in [3.8, 4) is 0 Å². The van der Waals surface area contributed by atoms with Crippen LogP contribution in [0.3, 0.4) is 0 Å². The van der Waals surface area contributed by atoms with Crippen LogP contribution in [0.15, 0.2) is 12.1 Å². The molecule has 17 heavy (non-hydrogen) atoms. The number of thiophene rings is 1. The Labute approximate surface area is 105 Å². The van der Waals surface area contributed by atoms with Crippen LogP contribution in [-0.2, 0) is 0 Å². The van der Waals surface area contributed by atoms with Crippen molar-refractivity contribution in [2.75, 3.05) is 13.2 Å². The van der Waals surface area contributed by atoms with E-state index in [0.717, 1.165) is 4.88 Å². The van der Waals surface area contributed by atoms with Gasteiger partial charge in [-0.1, -0.05) is 13.8 Å². The Morgan fingerprint density at radius 1 is 1.41 bits per heavy atom. The zero-order chi connectivity index (χ0) is 13.1. The Morgan fingerprint density at radius 2 is 2.00 bits per heavy atom. The molecule has 0 atom stereocenters. The number of carbonyl (C=O) groups excluding carboxylic acids is 1. The molecule has 0 aliphatic carbocycles. The summed E-state index contributed by atoms with van der Waals surface area (Å²) in [5, 5.41) is 20.8. The highest BCUT2D eigenvalue weighted by Crippen LogP contribution is 2.24. The summed E-state index contributed by atoms with van der Waals surface area (Å²) in [5.74, 6) is 0.135. The van der Waals surface area contributed by atoms with E-state index in [2.05, 4.69) is 19.2 Å². The van der Waals surface area contributed by atoms with Crippen molar-refractivity contribution < 1.29 is 15.0 Å². The van der Waals surface area contributed by atoms with Crippen molar-refractivity contribution in [3.05, 3.63) is 21.9 Å². The Kier molecular flexibility index (Phi) is 4.68. The molecule has 1 rings (SSSR count). The first-order valence-corrected chi connectivity index (χ1v) is 6.37. The maximum Gasteiger partial charge on any atom is 0.261 e.